The lowest BCUT2D eigenvalue weighted by atomic mass is 10.2. The average Bonchev–Trinajstić information content (AvgIpc) is 3.27. The topological polar surface area (TPSA) is 69.0 Å². The zero-order valence-corrected chi connectivity index (χ0v) is 20.0. The van der Waals surface area contributed by atoms with Crippen LogP contribution in [-0.4, -0.2) is 27.8 Å². The van der Waals surface area contributed by atoms with E-state index in [4.69, 9.17) is 4.74 Å². The van der Waals surface area contributed by atoms with E-state index in [0.717, 1.165) is 28.0 Å². The Labute approximate surface area is 204 Å². The molecule has 0 aliphatic heterocycles. The third kappa shape index (κ3) is 6.48. The summed E-state index contributed by atoms with van der Waals surface area (Å²) in [5, 5.41) is 12.7. The Morgan fingerprint density at radius 1 is 0.912 bits per heavy atom. The number of ether oxygens (including phenoxy) is 1. The first-order valence-electron chi connectivity index (χ1n) is 11.2. The summed E-state index contributed by atoms with van der Waals surface area (Å²) in [7, 11) is 1.63. The van der Waals surface area contributed by atoms with Gasteiger partial charge in [0.2, 0.25) is 5.91 Å². The number of para-hydroxylation sites is 1. The van der Waals surface area contributed by atoms with Gasteiger partial charge in [0.05, 0.1) is 13.7 Å². The molecule has 4 rings (SSSR count). The molecule has 0 radical (unpaired) electrons. The number of nitrogens with zero attached hydrogens (tertiary/aromatic N) is 3. The van der Waals surface area contributed by atoms with Crippen LogP contribution in [0, 0.1) is 0 Å². The predicted octanol–water partition coefficient (Wildman–Crippen LogP) is 4.88. The fourth-order valence-electron chi connectivity index (χ4n) is 3.61. The largest absolute Gasteiger partial charge is 0.496 e. The molecule has 34 heavy (non-hydrogen) atoms. The van der Waals surface area contributed by atoms with Gasteiger partial charge < -0.3 is 14.6 Å². The normalized spacial score (nSPS) is 10.7. The number of hydrogen-bond donors (Lipinski definition) is 1. The maximum absolute atomic E-state index is 12.6. The molecule has 7 heteroatoms. The quantitative estimate of drug-likeness (QED) is 0.315. The van der Waals surface area contributed by atoms with Crippen LogP contribution in [0.3, 0.4) is 0 Å². The summed E-state index contributed by atoms with van der Waals surface area (Å²) in [6, 6.07) is 28.3. The first-order chi connectivity index (χ1) is 16.7. The Morgan fingerprint density at radius 2 is 1.59 bits per heavy atom. The fraction of sp³-hybridized carbons (Fsp3) is 0.222. The van der Waals surface area contributed by atoms with E-state index in [1.807, 2.05) is 60.7 Å². The van der Waals surface area contributed by atoms with Crippen LogP contribution in [0.1, 0.15) is 28.9 Å². The molecule has 0 atom stereocenters. The Morgan fingerprint density at radius 3 is 2.32 bits per heavy atom. The van der Waals surface area contributed by atoms with Gasteiger partial charge in [-0.05, 0) is 17.2 Å². The first kappa shape index (κ1) is 23.6. The van der Waals surface area contributed by atoms with Gasteiger partial charge in [-0.3, -0.25) is 4.79 Å². The molecule has 0 unspecified atom stereocenters. The smallest absolute Gasteiger partial charge is 0.220 e. The van der Waals surface area contributed by atoms with Crippen molar-refractivity contribution in [1.29, 1.82) is 0 Å². The summed E-state index contributed by atoms with van der Waals surface area (Å²) >= 11 is 1.66. The van der Waals surface area contributed by atoms with Crippen LogP contribution in [0.15, 0.2) is 90.1 Å². The second kappa shape index (κ2) is 12.0. The zero-order valence-electron chi connectivity index (χ0n) is 19.2. The molecule has 0 saturated carbocycles. The summed E-state index contributed by atoms with van der Waals surface area (Å²) < 4.78 is 7.48. The highest BCUT2D eigenvalue weighted by Gasteiger charge is 2.15. The van der Waals surface area contributed by atoms with Crippen LogP contribution in [0.25, 0.3) is 0 Å². The maximum atomic E-state index is 12.6. The average molecular weight is 473 g/mol. The molecule has 0 aliphatic carbocycles. The number of aromatic nitrogens is 3. The van der Waals surface area contributed by atoms with Crippen molar-refractivity contribution >= 4 is 17.7 Å². The van der Waals surface area contributed by atoms with Gasteiger partial charge in [0, 0.05) is 30.7 Å². The monoisotopic (exact) mass is 472 g/mol. The minimum atomic E-state index is -0.0290. The number of carbonyl (C=O) groups is 1. The Kier molecular flexibility index (Phi) is 8.35. The van der Waals surface area contributed by atoms with E-state index in [1.165, 1.54) is 11.1 Å². The van der Waals surface area contributed by atoms with Crippen LogP contribution in [0.2, 0.25) is 0 Å². The summed E-state index contributed by atoms with van der Waals surface area (Å²) in [6.45, 7) is 1.10. The van der Waals surface area contributed by atoms with Crippen molar-refractivity contribution in [3.05, 3.63) is 107 Å². The fourth-order valence-corrected chi connectivity index (χ4v) is 4.53. The van der Waals surface area contributed by atoms with Gasteiger partial charge in [-0.15, -0.1) is 10.2 Å². The van der Waals surface area contributed by atoms with Crippen LogP contribution in [0.5, 0.6) is 5.75 Å². The second-order valence-corrected chi connectivity index (χ2v) is 8.78. The van der Waals surface area contributed by atoms with Gasteiger partial charge in [-0.1, -0.05) is 90.6 Å². The number of amides is 1. The molecule has 1 heterocycles. The highest BCUT2D eigenvalue weighted by molar-refractivity contribution is 7.98. The summed E-state index contributed by atoms with van der Waals surface area (Å²) in [4.78, 5) is 12.6. The molecule has 3 aromatic carbocycles. The SMILES string of the molecule is COc1ccccc1CNC(=O)CCc1nnc(SCc2ccccc2)n1Cc1ccccc1. The summed E-state index contributed by atoms with van der Waals surface area (Å²) in [6.07, 6.45) is 0.856. The zero-order chi connectivity index (χ0) is 23.6. The number of rotatable bonds is 11. The van der Waals surface area contributed by atoms with Crippen molar-refractivity contribution in [2.75, 3.05) is 7.11 Å². The molecule has 0 saturated heterocycles. The van der Waals surface area contributed by atoms with Crippen LogP contribution < -0.4 is 10.1 Å². The van der Waals surface area contributed by atoms with E-state index in [1.54, 1.807) is 18.9 Å². The standard InChI is InChI=1S/C27H28N4O2S/c1-33-24-15-9-8-14-23(24)18-28-26(32)17-16-25-29-30-27(34-20-22-12-6-3-7-13-22)31(25)19-21-10-4-2-5-11-21/h2-15H,16-20H2,1H3,(H,28,32). The molecule has 0 fully saturated rings. The number of benzene rings is 3. The summed E-state index contributed by atoms with van der Waals surface area (Å²) in [5.41, 5.74) is 3.36. The molecule has 0 bridgehead atoms. The molecule has 1 N–H and O–H groups in total. The van der Waals surface area contributed by atoms with Gasteiger partial charge >= 0.3 is 0 Å². The molecular formula is C27H28N4O2S. The van der Waals surface area contributed by atoms with Gasteiger partial charge in [-0.25, -0.2) is 0 Å². The Hall–Kier alpha value is -3.58. The van der Waals surface area contributed by atoms with Crippen molar-refractivity contribution in [2.45, 2.75) is 36.8 Å². The van der Waals surface area contributed by atoms with Crippen molar-refractivity contribution in [2.24, 2.45) is 0 Å². The minimum absolute atomic E-state index is 0.0290. The third-order valence-corrected chi connectivity index (χ3v) is 6.47. The van der Waals surface area contributed by atoms with Crippen molar-refractivity contribution in [3.63, 3.8) is 0 Å². The Bertz CT molecular complexity index is 1200. The number of carbonyl (C=O) groups excluding carboxylic acids is 1. The lowest BCUT2D eigenvalue weighted by Crippen LogP contribution is -2.23. The van der Waals surface area contributed by atoms with Gasteiger partial charge in [0.25, 0.3) is 0 Å². The minimum Gasteiger partial charge on any atom is -0.496 e. The van der Waals surface area contributed by atoms with E-state index in [0.29, 0.717) is 25.9 Å². The highest BCUT2D eigenvalue weighted by Crippen LogP contribution is 2.23. The van der Waals surface area contributed by atoms with Crippen molar-refractivity contribution in [3.8, 4) is 5.75 Å². The summed E-state index contributed by atoms with van der Waals surface area (Å²) in [5.74, 6) is 2.36. The molecule has 0 aliphatic rings. The number of hydrogen-bond acceptors (Lipinski definition) is 5. The van der Waals surface area contributed by atoms with Crippen LogP contribution in [-0.2, 0) is 30.1 Å². The van der Waals surface area contributed by atoms with E-state index in [9.17, 15) is 4.79 Å². The van der Waals surface area contributed by atoms with E-state index < -0.39 is 0 Å². The Balaban J connectivity index is 1.41. The van der Waals surface area contributed by atoms with E-state index >= 15 is 0 Å². The van der Waals surface area contributed by atoms with Gasteiger partial charge in [-0.2, -0.15) is 0 Å². The molecule has 6 nitrogen and oxygen atoms in total. The lowest BCUT2D eigenvalue weighted by molar-refractivity contribution is -0.121. The first-order valence-corrected chi connectivity index (χ1v) is 12.2. The van der Waals surface area contributed by atoms with Crippen molar-refractivity contribution < 1.29 is 9.53 Å². The lowest BCUT2D eigenvalue weighted by Gasteiger charge is -2.11. The molecular weight excluding hydrogens is 444 g/mol. The van der Waals surface area contributed by atoms with Crippen molar-refractivity contribution in [1.82, 2.24) is 20.1 Å². The number of nitrogens with one attached hydrogen (secondary N) is 1. The second-order valence-electron chi connectivity index (χ2n) is 7.83. The molecule has 4 aromatic rings. The highest BCUT2D eigenvalue weighted by atomic mass is 32.2. The van der Waals surface area contributed by atoms with E-state index in [-0.39, 0.29) is 5.91 Å². The number of thioether (sulfide) groups is 1. The van der Waals surface area contributed by atoms with E-state index in [2.05, 4.69) is 44.3 Å². The molecule has 174 valence electrons. The maximum Gasteiger partial charge on any atom is 0.220 e. The molecule has 1 amide bonds. The number of methoxy groups -OCH3 is 1. The molecule has 0 spiro atoms. The molecule has 1 aromatic heterocycles. The van der Waals surface area contributed by atoms with Gasteiger partial charge in [0.1, 0.15) is 11.6 Å². The number of aryl methyl sites for hydroxylation is 1. The van der Waals surface area contributed by atoms with Crippen LogP contribution in [0.4, 0.5) is 0 Å². The third-order valence-electron chi connectivity index (χ3n) is 5.43. The van der Waals surface area contributed by atoms with Gasteiger partial charge in [0.15, 0.2) is 5.16 Å². The predicted molar refractivity (Wildman–Crippen MR) is 135 cm³/mol. The van der Waals surface area contributed by atoms with Crippen LogP contribution >= 0.6 is 11.8 Å².